The van der Waals surface area contributed by atoms with Gasteiger partial charge < -0.3 is 235 Å². The summed E-state index contributed by atoms with van der Waals surface area (Å²) in [5.74, 6) is 0. The summed E-state index contributed by atoms with van der Waals surface area (Å²) in [5, 5.41) is 0. The topological polar surface area (TPSA) is 0 Å². The van der Waals surface area contributed by atoms with Crippen LogP contribution in [0.4, 0.5) is 0 Å². The van der Waals surface area contributed by atoms with Gasteiger partial charge in [0.15, 0.2) is 0 Å². The Morgan fingerprint density at radius 1 is 0.238 bits per heavy atom. The smallest absolute Gasteiger partial charge is 1.00 e. The monoisotopic (exact) mass is 1620 g/mol. The second kappa shape index (κ2) is 239. The van der Waals surface area contributed by atoms with E-state index in [1.54, 1.807) is 0 Å². The summed E-state index contributed by atoms with van der Waals surface area (Å²) >= 11 is 0. The van der Waals surface area contributed by atoms with E-state index in [0.717, 1.165) is 0 Å². The van der Waals surface area contributed by atoms with E-state index in [4.69, 9.17) is 0 Å². The molecule has 21 heavy (non-hydrogen) atoms. The number of halogens is 15. The maximum atomic E-state index is 0. The number of rotatable bonds is 0. The van der Waals surface area contributed by atoms with Gasteiger partial charge in [0.25, 0.3) is 0 Å². The van der Waals surface area contributed by atoms with Crippen molar-refractivity contribution in [3.8, 4) is 0 Å². The maximum absolute atomic E-state index is 0. The summed E-state index contributed by atoms with van der Waals surface area (Å²) in [5.41, 5.74) is 0. The van der Waals surface area contributed by atoms with Crippen molar-refractivity contribution in [1.82, 2.24) is 0 Å². The van der Waals surface area contributed by atoms with Gasteiger partial charge >= 0.3 is 133 Å². The summed E-state index contributed by atoms with van der Waals surface area (Å²) in [4.78, 5) is 0. The van der Waals surface area contributed by atoms with Crippen molar-refractivity contribution in [2.45, 2.75) is 0 Å². The first-order chi connectivity index (χ1) is 0. The largest absolute Gasteiger partial charge is 5.00 e. The van der Waals surface area contributed by atoms with E-state index < -0.39 is 0 Å². The molecule has 0 aromatic carbocycles. The third-order valence-corrected chi connectivity index (χ3v) is 0. The van der Waals surface area contributed by atoms with Crippen molar-refractivity contribution in [3.05, 3.63) is 0 Å². The molecule has 0 nitrogen and oxygen atoms in total. The van der Waals surface area contributed by atoms with Gasteiger partial charge in [0.05, 0.1) is 0 Å². The van der Waals surface area contributed by atoms with Crippen LogP contribution in [0.5, 0.6) is 0 Å². The van der Waals surface area contributed by atoms with Crippen LogP contribution in [0, 0.1) is 0 Å². The Balaban J connectivity index is 0. The molecule has 0 N–H and O–H groups in total. The zero-order valence-corrected chi connectivity index (χ0v) is 41.5. The normalized spacial score (nSPS) is 0. The van der Waals surface area contributed by atoms with Crippen LogP contribution in [-0.4, -0.2) is 0 Å². The van der Waals surface area contributed by atoms with Gasteiger partial charge in [0, 0.05) is 0 Å². The molecule has 0 atom stereocenters. The van der Waals surface area contributed by atoms with E-state index in [2.05, 4.69) is 0 Å². The summed E-state index contributed by atoms with van der Waals surface area (Å²) < 4.78 is 0. The first-order valence-electron chi connectivity index (χ1n) is 0. The van der Waals surface area contributed by atoms with Crippen molar-refractivity contribution in [1.29, 1.82) is 0 Å². The van der Waals surface area contributed by atoms with Gasteiger partial charge in [-0.25, -0.2) is 0 Å². The van der Waals surface area contributed by atoms with Crippen molar-refractivity contribution in [2.75, 3.05) is 0 Å². The molecule has 0 heterocycles. The molecule has 0 spiro atoms. The van der Waals surface area contributed by atoms with Gasteiger partial charge in [0.1, 0.15) is 0 Å². The fourth-order valence-corrected chi connectivity index (χ4v) is 0. The number of hydrogen-bond acceptors (Lipinski definition) is 0. The average Bonchev–Trinajstić information content (AvgIpc) is 0. The molecule has 0 unspecified atom stereocenters. The van der Waals surface area contributed by atoms with Gasteiger partial charge in [-0.2, -0.15) is 0 Å². The molecular formula is Br3Cl9Hf3I3V3+12. The van der Waals surface area contributed by atoms with Crippen molar-refractivity contribution in [2.24, 2.45) is 0 Å². The van der Waals surface area contributed by atoms with Gasteiger partial charge in [-0.3, -0.25) is 0 Å². The van der Waals surface area contributed by atoms with Crippen molar-refractivity contribution in [3.63, 3.8) is 0 Å². The molecule has 0 aliphatic rings. The molecule has 0 aromatic rings. The van der Waals surface area contributed by atoms with E-state index >= 15 is 0 Å². The molecule has 0 fully saturated rings. The van der Waals surface area contributed by atoms with Gasteiger partial charge in [0.2, 0.25) is 0 Å². The molecule has 0 rings (SSSR count). The molecular weight excluding hydrogens is 1630 g/mol. The van der Waals surface area contributed by atoms with E-state index in [0.29, 0.717) is 0 Å². The van der Waals surface area contributed by atoms with Gasteiger partial charge in [-0.15, -0.1) is 0 Å². The Morgan fingerprint density at radius 2 is 0.238 bits per heavy atom. The van der Waals surface area contributed by atoms with Crippen LogP contribution < -0.4 is 235 Å². The molecule has 0 aromatic heterocycles. The Morgan fingerprint density at radius 3 is 0.238 bits per heavy atom. The van der Waals surface area contributed by atoms with E-state index in [1.807, 2.05) is 0 Å². The second-order valence-electron chi connectivity index (χ2n) is 0. The second-order valence-corrected chi connectivity index (χ2v) is 0. The van der Waals surface area contributed by atoms with Crippen molar-refractivity contribution >= 4 is 0 Å². The average molecular weight is 1630 g/mol. The van der Waals surface area contributed by atoms with Crippen LogP contribution in [0.1, 0.15) is 0 Å². The minimum absolute atomic E-state index is 0. The molecule has 0 radical (unpaired) electrons. The standard InChI is InChI=1S/3BrH.9ClH.3Hf.3HI.3V/h12*1H;;;;3*1H;;;/q;;;;;;;;;;;;3*+4;;;;3*+5/p-15. The summed E-state index contributed by atoms with van der Waals surface area (Å²) in [6.45, 7) is 0. The summed E-state index contributed by atoms with van der Waals surface area (Å²) in [6, 6.07) is 0. The molecule has 120 valence electrons. The third kappa shape index (κ3) is 223. The molecule has 0 aliphatic heterocycles. The number of hydrogen-bond donors (Lipinski definition) is 0. The summed E-state index contributed by atoms with van der Waals surface area (Å²) in [6.07, 6.45) is 0. The Hall–Kier alpha value is 10.6. The predicted molar refractivity (Wildman–Crippen MR) is 0 cm³/mol. The minimum Gasteiger partial charge on any atom is -1.00 e. The zero-order chi connectivity index (χ0) is 0. The van der Waals surface area contributed by atoms with Crippen LogP contribution in [0.15, 0.2) is 0 Å². The van der Waals surface area contributed by atoms with Crippen LogP contribution in [0.2, 0.25) is 0 Å². The molecule has 0 bridgehead atoms. The Kier molecular flexibility index (Phi) is 2990. The molecule has 21 heteroatoms. The first-order valence-corrected chi connectivity index (χ1v) is 0. The summed E-state index contributed by atoms with van der Waals surface area (Å²) in [7, 11) is 0. The van der Waals surface area contributed by atoms with Crippen molar-refractivity contribution < 1.29 is 368 Å². The third-order valence-electron chi connectivity index (χ3n) is 0. The fourth-order valence-electron chi connectivity index (χ4n) is 0. The zero-order valence-electron chi connectivity index (χ0n) is 8.51. The predicted octanol–water partition coefficient (Wildman–Crippen LogP) is -45.0. The molecule has 0 aliphatic carbocycles. The van der Waals surface area contributed by atoms with Crippen LogP contribution in [-0.2, 0) is 133 Å². The Labute approximate surface area is 358 Å². The van der Waals surface area contributed by atoms with Crippen LogP contribution >= 0.6 is 0 Å². The van der Waals surface area contributed by atoms with E-state index in [1.165, 1.54) is 0 Å². The quantitative estimate of drug-likeness (QED) is 0.168. The molecule has 0 saturated heterocycles. The first kappa shape index (κ1) is 263. The van der Waals surface area contributed by atoms with Gasteiger partial charge in [-0.05, 0) is 0 Å². The van der Waals surface area contributed by atoms with Crippen LogP contribution in [0.3, 0.4) is 0 Å². The van der Waals surface area contributed by atoms with E-state index in [9.17, 15) is 0 Å². The van der Waals surface area contributed by atoms with E-state index in [-0.39, 0.29) is 368 Å². The Bertz CT molecular complexity index is 44.7. The van der Waals surface area contributed by atoms with Gasteiger partial charge in [-0.1, -0.05) is 0 Å². The fraction of sp³-hybridized carbons (Fsp3) is 0. The molecule has 0 amide bonds. The minimum atomic E-state index is 0. The SMILES string of the molecule is [Br-].[Br-].[Br-].[Cl-].[Cl-].[Cl-].[Cl-].[Cl-].[Cl-].[Cl-].[Cl-].[Cl-].[Hf+4].[Hf+4].[Hf+4].[I-].[I-].[I-].[V+5].[V+5].[V+5]. The molecule has 0 saturated carbocycles. The van der Waals surface area contributed by atoms with Crippen LogP contribution in [0.25, 0.3) is 0 Å². The maximum Gasteiger partial charge on any atom is 5.00 e.